The smallest absolute Gasteiger partial charge is 0.124 e. The molecule has 5 nitrogen and oxygen atoms in total. The lowest BCUT2D eigenvalue weighted by Gasteiger charge is -2.26. The van der Waals surface area contributed by atoms with Gasteiger partial charge in [-0.05, 0) is 18.2 Å². The lowest BCUT2D eigenvalue weighted by molar-refractivity contribution is 0.0392. The van der Waals surface area contributed by atoms with Crippen LogP contribution in [0.15, 0.2) is 23.3 Å². The SMILES string of the molecule is NN=C(CCN1CCOCC1)c1cc(Cl)ccc1O. The van der Waals surface area contributed by atoms with Gasteiger partial charge in [-0.2, -0.15) is 5.10 Å². The molecule has 2 rings (SSSR count). The van der Waals surface area contributed by atoms with E-state index in [0.717, 1.165) is 32.8 Å². The Morgan fingerprint density at radius 3 is 2.84 bits per heavy atom. The molecule has 1 saturated heterocycles. The number of hydrazone groups is 1. The van der Waals surface area contributed by atoms with Crippen LogP contribution in [-0.4, -0.2) is 48.6 Å². The molecule has 6 heteroatoms. The first-order valence-corrected chi connectivity index (χ1v) is 6.64. The van der Waals surface area contributed by atoms with Crippen LogP contribution < -0.4 is 5.84 Å². The largest absolute Gasteiger partial charge is 0.507 e. The summed E-state index contributed by atoms with van der Waals surface area (Å²) in [5.74, 6) is 5.58. The molecule has 0 radical (unpaired) electrons. The van der Waals surface area contributed by atoms with Gasteiger partial charge in [-0.25, -0.2) is 0 Å². The molecule has 19 heavy (non-hydrogen) atoms. The van der Waals surface area contributed by atoms with Crippen LogP contribution >= 0.6 is 11.6 Å². The molecule has 0 amide bonds. The summed E-state index contributed by atoms with van der Waals surface area (Å²) < 4.78 is 5.30. The highest BCUT2D eigenvalue weighted by Gasteiger charge is 2.14. The highest BCUT2D eigenvalue weighted by Crippen LogP contribution is 2.23. The van der Waals surface area contributed by atoms with Crippen LogP contribution in [0, 0.1) is 0 Å². The summed E-state index contributed by atoms with van der Waals surface area (Å²) in [4.78, 5) is 2.29. The summed E-state index contributed by atoms with van der Waals surface area (Å²) in [6.07, 6.45) is 0.671. The van der Waals surface area contributed by atoms with Gasteiger partial charge in [0, 0.05) is 36.6 Å². The fourth-order valence-electron chi connectivity index (χ4n) is 2.10. The Kier molecular flexibility index (Phi) is 5.01. The minimum absolute atomic E-state index is 0.149. The molecule has 0 unspecified atom stereocenters. The Morgan fingerprint density at radius 2 is 2.16 bits per heavy atom. The molecule has 0 atom stereocenters. The number of nitrogens with two attached hydrogens (primary N) is 1. The van der Waals surface area contributed by atoms with Gasteiger partial charge in [0.2, 0.25) is 0 Å². The predicted molar refractivity (Wildman–Crippen MR) is 75.7 cm³/mol. The molecule has 0 aliphatic carbocycles. The molecule has 1 aromatic carbocycles. The molecule has 1 aliphatic heterocycles. The fraction of sp³-hybridized carbons (Fsp3) is 0.462. The Balaban J connectivity index is 2.01. The lowest BCUT2D eigenvalue weighted by atomic mass is 10.1. The first-order valence-electron chi connectivity index (χ1n) is 6.26. The van der Waals surface area contributed by atoms with Crippen molar-refractivity contribution in [1.82, 2.24) is 4.90 Å². The van der Waals surface area contributed by atoms with Crippen LogP contribution in [0.1, 0.15) is 12.0 Å². The van der Waals surface area contributed by atoms with Crippen LogP contribution in [0.5, 0.6) is 5.75 Å². The van der Waals surface area contributed by atoms with E-state index in [1.165, 1.54) is 0 Å². The van der Waals surface area contributed by atoms with Crippen molar-refractivity contribution >= 4 is 17.3 Å². The van der Waals surface area contributed by atoms with Crippen molar-refractivity contribution in [2.24, 2.45) is 10.9 Å². The normalized spacial score (nSPS) is 17.6. The van der Waals surface area contributed by atoms with Crippen molar-refractivity contribution in [3.63, 3.8) is 0 Å². The third-order valence-electron chi connectivity index (χ3n) is 3.19. The van der Waals surface area contributed by atoms with Gasteiger partial charge in [-0.1, -0.05) is 11.6 Å². The van der Waals surface area contributed by atoms with Gasteiger partial charge < -0.3 is 15.7 Å². The number of phenolic OH excluding ortho intramolecular Hbond substituents is 1. The monoisotopic (exact) mass is 283 g/mol. The van der Waals surface area contributed by atoms with E-state index in [0.29, 0.717) is 22.7 Å². The molecular formula is C13H18ClN3O2. The van der Waals surface area contributed by atoms with Crippen LogP contribution in [0.2, 0.25) is 5.02 Å². The maximum Gasteiger partial charge on any atom is 0.124 e. The van der Waals surface area contributed by atoms with E-state index in [2.05, 4.69) is 10.0 Å². The quantitative estimate of drug-likeness (QED) is 0.498. The van der Waals surface area contributed by atoms with Crippen LogP contribution in [0.4, 0.5) is 0 Å². The second kappa shape index (κ2) is 6.75. The van der Waals surface area contributed by atoms with E-state index in [1.807, 2.05) is 0 Å². The zero-order chi connectivity index (χ0) is 13.7. The zero-order valence-electron chi connectivity index (χ0n) is 10.7. The third-order valence-corrected chi connectivity index (χ3v) is 3.43. The molecule has 1 heterocycles. The minimum atomic E-state index is 0.149. The Hall–Kier alpha value is -1.30. The number of halogens is 1. The number of nitrogens with zero attached hydrogens (tertiary/aromatic N) is 2. The average Bonchev–Trinajstić information content (AvgIpc) is 2.44. The van der Waals surface area contributed by atoms with Gasteiger partial charge in [0.1, 0.15) is 5.75 Å². The molecule has 0 saturated carbocycles. The number of morpholine rings is 1. The lowest BCUT2D eigenvalue weighted by Crippen LogP contribution is -2.37. The first kappa shape index (κ1) is 14.1. The number of hydrogen-bond acceptors (Lipinski definition) is 5. The number of hydrogen-bond donors (Lipinski definition) is 2. The average molecular weight is 284 g/mol. The highest BCUT2D eigenvalue weighted by atomic mass is 35.5. The molecule has 3 N–H and O–H groups in total. The van der Waals surface area contributed by atoms with Gasteiger partial charge in [0.15, 0.2) is 0 Å². The summed E-state index contributed by atoms with van der Waals surface area (Å²) in [5, 5.41) is 14.2. The molecule has 1 aromatic rings. The highest BCUT2D eigenvalue weighted by molar-refractivity contribution is 6.31. The van der Waals surface area contributed by atoms with Crippen molar-refractivity contribution in [3.05, 3.63) is 28.8 Å². The van der Waals surface area contributed by atoms with E-state index >= 15 is 0 Å². The van der Waals surface area contributed by atoms with Crippen LogP contribution in [0.3, 0.4) is 0 Å². The maximum atomic E-state index is 9.84. The molecule has 1 fully saturated rings. The number of aromatic hydroxyl groups is 1. The van der Waals surface area contributed by atoms with E-state index in [1.54, 1.807) is 18.2 Å². The van der Waals surface area contributed by atoms with Gasteiger partial charge >= 0.3 is 0 Å². The van der Waals surface area contributed by atoms with Crippen molar-refractivity contribution in [2.75, 3.05) is 32.8 Å². The molecule has 0 bridgehead atoms. The third kappa shape index (κ3) is 3.83. The minimum Gasteiger partial charge on any atom is -0.507 e. The van der Waals surface area contributed by atoms with Gasteiger partial charge in [0.05, 0.1) is 18.9 Å². The van der Waals surface area contributed by atoms with Crippen LogP contribution in [-0.2, 0) is 4.74 Å². The van der Waals surface area contributed by atoms with Gasteiger partial charge in [-0.15, -0.1) is 0 Å². The molecule has 0 aromatic heterocycles. The van der Waals surface area contributed by atoms with Gasteiger partial charge in [-0.3, -0.25) is 4.90 Å². The summed E-state index contributed by atoms with van der Waals surface area (Å²) in [7, 11) is 0. The summed E-state index contributed by atoms with van der Waals surface area (Å²) in [5.41, 5.74) is 1.26. The summed E-state index contributed by atoms with van der Waals surface area (Å²) in [6.45, 7) is 4.19. The molecule has 1 aliphatic rings. The van der Waals surface area contributed by atoms with E-state index in [-0.39, 0.29) is 5.75 Å². The molecule has 104 valence electrons. The van der Waals surface area contributed by atoms with Crippen molar-refractivity contribution in [2.45, 2.75) is 6.42 Å². The number of ether oxygens (including phenoxy) is 1. The fourth-order valence-corrected chi connectivity index (χ4v) is 2.27. The number of benzene rings is 1. The van der Waals surface area contributed by atoms with Crippen molar-refractivity contribution < 1.29 is 9.84 Å². The Morgan fingerprint density at radius 1 is 1.42 bits per heavy atom. The standard InChI is InChI=1S/C13H18ClN3O2/c14-10-1-2-13(18)11(9-10)12(16-15)3-4-17-5-7-19-8-6-17/h1-2,9,18H,3-8,15H2. The summed E-state index contributed by atoms with van der Waals surface area (Å²) in [6, 6.07) is 4.87. The van der Waals surface area contributed by atoms with E-state index in [4.69, 9.17) is 22.2 Å². The Bertz CT molecular complexity index is 459. The van der Waals surface area contributed by atoms with Crippen LogP contribution in [0.25, 0.3) is 0 Å². The van der Waals surface area contributed by atoms with Crippen molar-refractivity contribution in [3.8, 4) is 5.75 Å². The van der Waals surface area contributed by atoms with E-state index in [9.17, 15) is 5.11 Å². The van der Waals surface area contributed by atoms with E-state index < -0.39 is 0 Å². The maximum absolute atomic E-state index is 9.84. The number of phenols is 1. The second-order valence-electron chi connectivity index (χ2n) is 4.44. The molecule has 0 spiro atoms. The summed E-state index contributed by atoms with van der Waals surface area (Å²) >= 11 is 5.93. The topological polar surface area (TPSA) is 71.1 Å². The predicted octanol–water partition coefficient (Wildman–Crippen LogP) is 1.43. The van der Waals surface area contributed by atoms with Crippen molar-refractivity contribution in [1.29, 1.82) is 0 Å². The number of rotatable bonds is 4. The second-order valence-corrected chi connectivity index (χ2v) is 4.88. The van der Waals surface area contributed by atoms with Gasteiger partial charge in [0.25, 0.3) is 0 Å². The Labute approximate surface area is 117 Å². The zero-order valence-corrected chi connectivity index (χ0v) is 11.4. The molecular weight excluding hydrogens is 266 g/mol. The first-order chi connectivity index (χ1) is 9.20.